The van der Waals surface area contributed by atoms with E-state index in [0.717, 1.165) is 24.7 Å². The summed E-state index contributed by atoms with van der Waals surface area (Å²) >= 11 is 0. The second kappa shape index (κ2) is 8.12. The van der Waals surface area contributed by atoms with E-state index in [4.69, 9.17) is 4.74 Å². The number of nitrogens with zero attached hydrogens (tertiary/aromatic N) is 3. The van der Waals surface area contributed by atoms with Crippen molar-refractivity contribution < 1.29 is 4.74 Å². The first-order chi connectivity index (χ1) is 12.2. The Bertz CT molecular complexity index is 730. The molecular formula is C20H26N4O. The van der Waals surface area contributed by atoms with E-state index in [1.165, 1.54) is 16.7 Å². The number of hydrogen-bond acceptors (Lipinski definition) is 3. The van der Waals surface area contributed by atoms with Crippen LogP contribution >= 0.6 is 0 Å². The van der Waals surface area contributed by atoms with Crippen molar-refractivity contribution in [1.82, 2.24) is 15.2 Å². The monoisotopic (exact) mass is 338 g/mol. The van der Waals surface area contributed by atoms with Crippen molar-refractivity contribution in [2.24, 2.45) is 4.99 Å². The molecule has 1 atom stereocenters. The van der Waals surface area contributed by atoms with Gasteiger partial charge >= 0.3 is 0 Å². The number of ether oxygens (including phenoxy) is 1. The Morgan fingerprint density at radius 2 is 2.20 bits per heavy atom. The minimum Gasteiger partial charge on any atom is -0.370 e. The number of aryl methyl sites for hydroxylation is 2. The molecule has 0 aliphatic carbocycles. The van der Waals surface area contributed by atoms with Gasteiger partial charge in [-0.05, 0) is 37.1 Å². The summed E-state index contributed by atoms with van der Waals surface area (Å²) in [6.45, 7) is 7.27. The van der Waals surface area contributed by atoms with Crippen LogP contribution in [0.25, 0.3) is 0 Å². The lowest BCUT2D eigenvalue weighted by Crippen LogP contribution is -2.48. The lowest BCUT2D eigenvalue weighted by molar-refractivity contribution is -0.00834. The first-order valence-electron chi connectivity index (χ1n) is 8.71. The van der Waals surface area contributed by atoms with E-state index in [1.807, 2.05) is 31.4 Å². The maximum atomic E-state index is 6.04. The van der Waals surface area contributed by atoms with Gasteiger partial charge in [0.05, 0.1) is 25.4 Å². The fourth-order valence-corrected chi connectivity index (χ4v) is 3.22. The quantitative estimate of drug-likeness (QED) is 0.691. The molecule has 1 N–H and O–H groups in total. The predicted octanol–water partition coefficient (Wildman–Crippen LogP) is 2.85. The van der Waals surface area contributed by atoms with Crippen molar-refractivity contribution in [3.8, 4) is 0 Å². The predicted molar refractivity (Wildman–Crippen MR) is 101 cm³/mol. The Morgan fingerprint density at radius 1 is 1.32 bits per heavy atom. The Kier molecular flexibility index (Phi) is 5.66. The average Bonchev–Trinajstić information content (AvgIpc) is 2.63. The fourth-order valence-electron chi connectivity index (χ4n) is 3.22. The SMILES string of the molecule is CN=C(NCc1ccccn1)N1CCOC(c2ccc(C)cc2C)C1. The maximum Gasteiger partial charge on any atom is 0.194 e. The lowest BCUT2D eigenvalue weighted by atomic mass is 10.00. The molecule has 0 saturated carbocycles. The van der Waals surface area contributed by atoms with Crippen LogP contribution in [0, 0.1) is 13.8 Å². The minimum absolute atomic E-state index is 0.0720. The van der Waals surface area contributed by atoms with E-state index in [1.54, 1.807) is 0 Å². The van der Waals surface area contributed by atoms with E-state index < -0.39 is 0 Å². The fraction of sp³-hybridized carbons (Fsp3) is 0.400. The van der Waals surface area contributed by atoms with Crippen LogP contribution in [0.15, 0.2) is 47.6 Å². The van der Waals surface area contributed by atoms with Crippen LogP contribution in [0.3, 0.4) is 0 Å². The molecule has 1 aromatic heterocycles. The molecule has 1 aliphatic rings. The number of rotatable bonds is 3. The van der Waals surface area contributed by atoms with Gasteiger partial charge in [0.1, 0.15) is 6.10 Å². The number of morpholine rings is 1. The molecule has 0 spiro atoms. The molecule has 132 valence electrons. The van der Waals surface area contributed by atoms with E-state index in [0.29, 0.717) is 13.2 Å². The van der Waals surface area contributed by atoms with Gasteiger partial charge in [0.2, 0.25) is 0 Å². The van der Waals surface area contributed by atoms with Gasteiger partial charge in [-0.3, -0.25) is 9.98 Å². The van der Waals surface area contributed by atoms with Gasteiger partial charge in [0.25, 0.3) is 0 Å². The standard InChI is InChI=1S/C20H26N4O/c1-15-7-8-18(16(2)12-15)19-14-24(10-11-25-19)20(21-3)23-13-17-6-4-5-9-22-17/h4-9,12,19H,10-11,13-14H2,1-3H3,(H,21,23). The molecule has 3 rings (SSSR count). The summed E-state index contributed by atoms with van der Waals surface area (Å²) < 4.78 is 6.04. The van der Waals surface area contributed by atoms with Crippen molar-refractivity contribution in [1.29, 1.82) is 0 Å². The smallest absolute Gasteiger partial charge is 0.194 e. The van der Waals surface area contributed by atoms with Crippen molar-refractivity contribution in [2.75, 3.05) is 26.7 Å². The molecule has 5 heteroatoms. The van der Waals surface area contributed by atoms with Crippen LogP contribution in [0.5, 0.6) is 0 Å². The van der Waals surface area contributed by atoms with Crippen molar-refractivity contribution >= 4 is 5.96 Å². The van der Waals surface area contributed by atoms with Crippen LogP contribution in [0.1, 0.15) is 28.5 Å². The summed E-state index contributed by atoms with van der Waals surface area (Å²) in [6.07, 6.45) is 1.88. The summed E-state index contributed by atoms with van der Waals surface area (Å²) in [7, 11) is 1.82. The molecule has 2 heterocycles. The molecule has 5 nitrogen and oxygen atoms in total. The Morgan fingerprint density at radius 3 is 2.92 bits per heavy atom. The van der Waals surface area contributed by atoms with Crippen LogP contribution in [0.4, 0.5) is 0 Å². The molecule has 25 heavy (non-hydrogen) atoms. The number of hydrogen-bond donors (Lipinski definition) is 1. The number of guanidine groups is 1. The highest BCUT2D eigenvalue weighted by molar-refractivity contribution is 5.80. The zero-order chi connectivity index (χ0) is 17.6. The highest BCUT2D eigenvalue weighted by Crippen LogP contribution is 2.25. The molecule has 1 aromatic carbocycles. The van der Waals surface area contributed by atoms with Gasteiger partial charge in [-0.1, -0.05) is 29.8 Å². The molecule has 1 saturated heterocycles. The van der Waals surface area contributed by atoms with Crippen LogP contribution in [-0.2, 0) is 11.3 Å². The first-order valence-corrected chi connectivity index (χ1v) is 8.71. The van der Waals surface area contributed by atoms with E-state index in [2.05, 4.69) is 52.2 Å². The molecule has 0 bridgehead atoms. The Balaban J connectivity index is 1.67. The number of nitrogens with one attached hydrogen (secondary N) is 1. The van der Waals surface area contributed by atoms with Crippen molar-refractivity contribution in [2.45, 2.75) is 26.5 Å². The van der Waals surface area contributed by atoms with Gasteiger partial charge in [0, 0.05) is 19.8 Å². The molecule has 1 unspecified atom stereocenters. The lowest BCUT2D eigenvalue weighted by Gasteiger charge is -2.35. The van der Waals surface area contributed by atoms with Crippen molar-refractivity contribution in [3.63, 3.8) is 0 Å². The zero-order valence-corrected chi connectivity index (χ0v) is 15.2. The first kappa shape index (κ1) is 17.4. The normalized spacial score (nSPS) is 18.3. The molecule has 0 amide bonds. The van der Waals surface area contributed by atoms with Crippen LogP contribution in [0.2, 0.25) is 0 Å². The van der Waals surface area contributed by atoms with Crippen LogP contribution < -0.4 is 5.32 Å². The van der Waals surface area contributed by atoms with Gasteiger partial charge in [-0.2, -0.15) is 0 Å². The van der Waals surface area contributed by atoms with Crippen LogP contribution in [-0.4, -0.2) is 42.6 Å². The van der Waals surface area contributed by atoms with E-state index in [9.17, 15) is 0 Å². The highest BCUT2D eigenvalue weighted by atomic mass is 16.5. The number of aliphatic imine (C=N–C) groups is 1. The Hall–Kier alpha value is -2.40. The summed E-state index contributed by atoms with van der Waals surface area (Å²) in [6, 6.07) is 12.5. The van der Waals surface area contributed by atoms with Gasteiger partial charge < -0.3 is 15.0 Å². The second-order valence-electron chi connectivity index (χ2n) is 6.39. The minimum atomic E-state index is 0.0720. The molecular weight excluding hydrogens is 312 g/mol. The van der Waals surface area contributed by atoms with Crippen molar-refractivity contribution in [3.05, 3.63) is 65.0 Å². The molecule has 0 radical (unpaired) electrons. The van der Waals surface area contributed by atoms with Gasteiger partial charge in [-0.15, -0.1) is 0 Å². The van der Waals surface area contributed by atoms with Gasteiger partial charge in [-0.25, -0.2) is 0 Å². The molecule has 1 fully saturated rings. The molecule has 2 aromatic rings. The maximum absolute atomic E-state index is 6.04. The summed E-state index contributed by atoms with van der Waals surface area (Å²) in [4.78, 5) is 11.1. The molecule has 1 aliphatic heterocycles. The summed E-state index contributed by atoms with van der Waals surface area (Å²) in [5.74, 6) is 0.892. The second-order valence-corrected chi connectivity index (χ2v) is 6.39. The zero-order valence-electron chi connectivity index (χ0n) is 15.2. The van der Waals surface area contributed by atoms with Gasteiger partial charge in [0.15, 0.2) is 5.96 Å². The number of pyridine rings is 1. The van der Waals surface area contributed by atoms with E-state index >= 15 is 0 Å². The Labute approximate surface area is 149 Å². The third-order valence-electron chi connectivity index (χ3n) is 4.50. The number of aromatic nitrogens is 1. The average molecular weight is 338 g/mol. The largest absolute Gasteiger partial charge is 0.370 e. The van der Waals surface area contributed by atoms with E-state index in [-0.39, 0.29) is 6.10 Å². The summed E-state index contributed by atoms with van der Waals surface area (Å²) in [5, 5.41) is 3.41. The topological polar surface area (TPSA) is 49.8 Å². The summed E-state index contributed by atoms with van der Waals surface area (Å²) in [5.41, 5.74) is 4.82. The third-order valence-corrected chi connectivity index (χ3v) is 4.50. The highest BCUT2D eigenvalue weighted by Gasteiger charge is 2.25. The third kappa shape index (κ3) is 4.37. The number of benzene rings is 1.